The lowest BCUT2D eigenvalue weighted by atomic mass is 9.95. The van der Waals surface area contributed by atoms with Crippen LogP contribution in [0.1, 0.15) is 41.6 Å². The molecule has 8 heteroatoms. The number of fused-ring (bicyclic) bond motifs is 1. The Morgan fingerprint density at radius 2 is 2.19 bits per heavy atom. The summed E-state index contributed by atoms with van der Waals surface area (Å²) in [5, 5.41) is 8.64. The van der Waals surface area contributed by atoms with Gasteiger partial charge in [-0.25, -0.2) is 0 Å². The number of hydrogen-bond donors (Lipinski definition) is 1. The van der Waals surface area contributed by atoms with E-state index in [2.05, 4.69) is 21.9 Å². The highest BCUT2D eigenvalue weighted by molar-refractivity contribution is 7.10. The molecule has 2 aliphatic heterocycles. The fourth-order valence-electron chi connectivity index (χ4n) is 3.71. The van der Waals surface area contributed by atoms with Gasteiger partial charge < -0.3 is 19.5 Å². The molecule has 2 aromatic heterocycles. The molecule has 7 nitrogen and oxygen atoms in total. The van der Waals surface area contributed by atoms with Crippen molar-refractivity contribution < 1.29 is 18.8 Å². The van der Waals surface area contributed by atoms with Crippen LogP contribution in [0.15, 0.2) is 22.0 Å². The van der Waals surface area contributed by atoms with E-state index in [0.29, 0.717) is 50.5 Å². The molecule has 0 spiro atoms. The van der Waals surface area contributed by atoms with Crippen LogP contribution in [0.4, 0.5) is 5.82 Å². The van der Waals surface area contributed by atoms with Gasteiger partial charge in [-0.3, -0.25) is 9.59 Å². The number of carbonyl (C=O) groups excluding carboxylic acids is 2. The highest BCUT2D eigenvalue weighted by atomic mass is 32.1. The smallest absolute Gasteiger partial charge is 0.228 e. The summed E-state index contributed by atoms with van der Waals surface area (Å²) in [6.45, 7) is 3.64. The minimum Gasteiger partial charge on any atom is -0.372 e. The standard InChI is InChI=1S/C19H23N3O4S/c1-12-10-16(21-26-12)20-19(24)14-2-6-22(7-3-14)17(23)11-15-18-13(4-8-25-15)5-9-27-18/h5,9-10,14-15H,2-4,6-8,11H2,1H3,(H,20,21,24). The number of ether oxygens (including phenoxy) is 1. The van der Waals surface area contributed by atoms with E-state index in [1.807, 2.05) is 4.90 Å². The summed E-state index contributed by atoms with van der Waals surface area (Å²) in [5.41, 5.74) is 1.31. The number of thiophene rings is 1. The number of likely N-dealkylation sites (tertiary alicyclic amines) is 1. The zero-order valence-corrected chi connectivity index (χ0v) is 16.1. The first-order chi connectivity index (χ1) is 13.1. The minimum absolute atomic E-state index is 0.0609. The van der Waals surface area contributed by atoms with Crippen LogP contribution in [0.25, 0.3) is 0 Å². The molecule has 1 unspecified atom stereocenters. The van der Waals surface area contributed by atoms with Gasteiger partial charge in [0.25, 0.3) is 0 Å². The average Bonchev–Trinajstić information content (AvgIpc) is 3.31. The summed E-state index contributed by atoms with van der Waals surface area (Å²) < 4.78 is 10.8. The van der Waals surface area contributed by atoms with E-state index in [9.17, 15) is 9.59 Å². The summed E-state index contributed by atoms with van der Waals surface area (Å²) >= 11 is 1.67. The zero-order valence-electron chi connectivity index (χ0n) is 15.3. The Kier molecular flexibility index (Phi) is 5.27. The predicted octanol–water partition coefficient (Wildman–Crippen LogP) is 2.93. The Morgan fingerprint density at radius 3 is 2.93 bits per heavy atom. The third-order valence-corrected chi connectivity index (χ3v) is 6.27. The van der Waals surface area contributed by atoms with E-state index in [-0.39, 0.29) is 23.8 Å². The second kappa shape index (κ2) is 7.82. The molecule has 1 atom stereocenters. The lowest BCUT2D eigenvalue weighted by molar-refractivity contribution is -0.137. The van der Waals surface area contributed by atoms with Gasteiger partial charge in [-0.2, -0.15) is 0 Å². The van der Waals surface area contributed by atoms with Crippen LogP contribution < -0.4 is 5.32 Å². The fourth-order valence-corrected chi connectivity index (χ4v) is 4.71. The number of amides is 2. The first-order valence-corrected chi connectivity index (χ1v) is 10.2. The summed E-state index contributed by atoms with van der Waals surface area (Å²) in [6, 6.07) is 3.82. The van der Waals surface area contributed by atoms with E-state index in [0.717, 1.165) is 6.42 Å². The molecule has 1 N–H and O–H groups in total. The van der Waals surface area contributed by atoms with E-state index in [4.69, 9.17) is 9.26 Å². The van der Waals surface area contributed by atoms with Gasteiger partial charge in [0.05, 0.1) is 13.0 Å². The van der Waals surface area contributed by atoms with Crippen molar-refractivity contribution in [1.82, 2.24) is 10.1 Å². The second-order valence-electron chi connectivity index (χ2n) is 7.09. The number of hydrogen-bond acceptors (Lipinski definition) is 6. The normalized spacial score (nSPS) is 20.3. The van der Waals surface area contributed by atoms with Gasteiger partial charge in [-0.15, -0.1) is 11.3 Å². The maximum Gasteiger partial charge on any atom is 0.228 e. The molecule has 2 aliphatic rings. The van der Waals surface area contributed by atoms with Crippen molar-refractivity contribution in [2.45, 2.75) is 38.7 Å². The number of anilines is 1. The molecule has 0 bridgehead atoms. The highest BCUT2D eigenvalue weighted by Crippen LogP contribution is 2.34. The van der Waals surface area contributed by atoms with Crippen molar-refractivity contribution in [2.24, 2.45) is 5.92 Å². The average molecular weight is 389 g/mol. The van der Waals surface area contributed by atoms with Gasteiger partial charge in [0.2, 0.25) is 11.8 Å². The van der Waals surface area contributed by atoms with Gasteiger partial charge >= 0.3 is 0 Å². The number of aromatic nitrogens is 1. The van der Waals surface area contributed by atoms with E-state index in [1.165, 1.54) is 10.4 Å². The number of carbonyl (C=O) groups is 2. The maximum atomic E-state index is 12.7. The summed E-state index contributed by atoms with van der Waals surface area (Å²) in [7, 11) is 0. The largest absolute Gasteiger partial charge is 0.372 e. The molecule has 1 saturated heterocycles. The Hall–Kier alpha value is -2.19. The van der Waals surface area contributed by atoms with E-state index in [1.54, 1.807) is 24.3 Å². The van der Waals surface area contributed by atoms with Gasteiger partial charge in [0, 0.05) is 30.0 Å². The number of rotatable bonds is 4. The van der Waals surface area contributed by atoms with Crippen molar-refractivity contribution in [3.63, 3.8) is 0 Å². The molecule has 1 fully saturated rings. The van der Waals surface area contributed by atoms with Crippen LogP contribution in [-0.4, -0.2) is 41.6 Å². The quantitative estimate of drug-likeness (QED) is 0.869. The van der Waals surface area contributed by atoms with Crippen molar-refractivity contribution in [3.05, 3.63) is 33.7 Å². The predicted molar refractivity (Wildman–Crippen MR) is 101 cm³/mol. The van der Waals surface area contributed by atoms with Crippen molar-refractivity contribution in [3.8, 4) is 0 Å². The molecular weight excluding hydrogens is 366 g/mol. The monoisotopic (exact) mass is 389 g/mol. The number of nitrogens with zero attached hydrogens (tertiary/aromatic N) is 2. The fraction of sp³-hybridized carbons (Fsp3) is 0.526. The van der Waals surface area contributed by atoms with Gasteiger partial charge in [0.15, 0.2) is 5.82 Å². The molecular formula is C19H23N3O4S. The molecule has 2 aromatic rings. The molecule has 27 heavy (non-hydrogen) atoms. The minimum atomic E-state index is -0.127. The van der Waals surface area contributed by atoms with E-state index >= 15 is 0 Å². The van der Waals surface area contributed by atoms with Crippen LogP contribution in [0.2, 0.25) is 0 Å². The number of piperidine rings is 1. The van der Waals surface area contributed by atoms with Crippen LogP contribution in [-0.2, 0) is 20.7 Å². The molecule has 0 saturated carbocycles. The number of nitrogens with one attached hydrogen (secondary N) is 1. The van der Waals surface area contributed by atoms with Crippen molar-refractivity contribution in [1.29, 1.82) is 0 Å². The van der Waals surface area contributed by atoms with E-state index < -0.39 is 0 Å². The summed E-state index contributed by atoms with van der Waals surface area (Å²) in [6.07, 6.45) is 2.49. The first kappa shape index (κ1) is 18.2. The molecule has 144 valence electrons. The lowest BCUT2D eigenvalue weighted by Gasteiger charge is -2.32. The topological polar surface area (TPSA) is 84.7 Å². The molecule has 4 rings (SSSR count). The molecule has 0 radical (unpaired) electrons. The van der Waals surface area contributed by atoms with Crippen molar-refractivity contribution >= 4 is 29.0 Å². The SMILES string of the molecule is Cc1cc(NC(=O)C2CCN(C(=O)CC3OCCc4ccsc43)CC2)no1. The molecule has 2 amide bonds. The van der Waals surface area contributed by atoms with Gasteiger partial charge in [0.1, 0.15) is 11.9 Å². The summed E-state index contributed by atoms with van der Waals surface area (Å²) in [4.78, 5) is 28.1. The van der Waals surface area contributed by atoms with Crippen LogP contribution in [0.3, 0.4) is 0 Å². The van der Waals surface area contributed by atoms with Crippen LogP contribution in [0.5, 0.6) is 0 Å². The van der Waals surface area contributed by atoms with Crippen LogP contribution in [0, 0.1) is 12.8 Å². The molecule has 0 aliphatic carbocycles. The first-order valence-electron chi connectivity index (χ1n) is 9.30. The third kappa shape index (κ3) is 4.06. The second-order valence-corrected chi connectivity index (χ2v) is 8.04. The Balaban J connectivity index is 1.28. The van der Waals surface area contributed by atoms with Gasteiger partial charge in [-0.1, -0.05) is 5.16 Å². The third-order valence-electron chi connectivity index (χ3n) is 5.22. The molecule has 4 heterocycles. The number of aryl methyl sites for hydroxylation is 1. The molecule has 0 aromatic carbocycles. The van der Waals surface area contributed by atoms with Gasteiger partial charge in [-0.05, 0) is 43.2 Å². The zero-order chi connectivity index (χ0) is 18.8. The lowest BCUT2D eigenvalue weighted by Crippen LogP contribution is -2.42. The Bertz CT molecular complexity index is 823. The van der Waals surface area contributed by atoms with Crippen LogP contribution >= 0.6 is 11.3 Å². The summed E-state index contributed by atoms with van der Waals surface area (Å²) in [5.74, 6) is 1.03. The maximum absolute atomic E-state index is 12.7. The highest BCUT2D eigenvalue weighted by Gasteiger charge is 2.31. The Morgan fingerprint density at radius 1 is 1.37 bits per heavy atom. The Labute approximate surface area is 161 Å². The van der Waals surface area contributed by atoms with Crippen molar-refractivity contribution in [2.75, 3.05) is 25.0 Å².